The minimum atomic E-state index is 0.533. The molecule has 0 aromatic rings. The summed E-state index contributed by atoms with van der Waals surface area (Å²) in [6.07, 6.45) is 5.59. The van der Waals surface area contributed by atoms with Crippen LogP contribution in [0.15, 0.2) is 0 Å². The van der Waals surface area contributed by atoms with Crippen LogP contribution in [-0.4, -0.2) is 25.9 Å². The number of hydrogen-bond acceptors (Lipinski definition) is 2. The van der Waals surface area contributed by atoms with Gasteiger partial charge in [-0.05, 0) is 37.0 Å². The van der Waals surface area contributed by atoms with E-state index < -0.39 is 0 Å². The first-order valence-electron chi connectivity index (χ1n) is 6.49. The van der Waals surface area contributed by atoms with Gasteiger partial charge in [-0.3, -0.25) is 0 Å². The first kappa shape index (κ1) is 11.4. The summed E-state index contributed by atoms with van der Waals surface area (Å²) in [5.41, 5.74) is 0. The van der Waals surface area contributed by atoms with Crippen molar-refractivity contribution in [1.82, 2.24) is 0 Å². The molecule has 0 aromatic carbocycles. The van der Waals surface area contributed by atoms with Gasteiger partial charge in [-0.2, -0.15) is 0 Å². The summed E-state index contributed by atoms with van der Waals surface area (Å²) < 4.78 is 11.3. The van der Waals surface area contributed by atoms with Crippen LogP contribution in [0, 0.1) is 17.8 Å². The smallest absolute Gasteiger partial charge is 0.0581 e. The van der Waals surface area contributed by atoms with Crippen molar-refractivity contribution >= 4 is 0 Å². The summed E-state index contributed by atoms with van der Waals surface area (Å²) in [6, 6.07) is 0. The fraction of sp³-hybridized carbons (Fsp3) is 1.00. The molecule has 0 N–H and O–H groups in total. The van der Waals surface area contributed by atoms with Crippen molar-refractivity contribution in [3.8, 4) is 0 Å². The van der Waals surface area contributed by atoms with Crippen LogP contribution in [0.4, 0.5) is 0 Å². The van der Waals surface area contributed by atoms with Crippen LogP contribution in [0.5, 0.6) is 0 Å². The maximum atomic E-state index is 5.85. The molecule has 0 radical (unpaired) electrons. The first-order chi connectivity index (χ1) is 7.29. The third-order valence-corrected chi connectivity index (χ3v) is 4.15. The maximum absolute atomic E-state index is 5.85. The van der Waals surface area contributed by atoms with Gasteiger partial charge >= 0.3 is 0 Å². The average Bonchev–Trinajstić information content (AvgIpc) is 2.87. The Labute approximate surface area is 93.3 Å². The summed E-state index contributed by atoms with van der Waals surface area (Å²) in [7, 11) is 0. The highest BCUT2D eigenvalue weighted by atomic mass is 16.5. The molecular weight excluding hydrogens is 188 g/mol. The fourth-order valence-electron chi connectivity index (χ4n) is 2.84. The Balaban J connectivity index is 1.72. The molecule has 0 bridgehead atoms. The molecule has 0 amide bonds. The summed E-state index contributed by atoms with van der Waals surface area (Å²) in [6.45, 7) is 7.57. The molecule has 4 atom stereocenters. The molecule has 0 aromatic heterocycles. The highest BCUT2D eigenvalue weighted by Gasteiger charge is 2.29. The Morgan fingerprint density at radius 2 is 2.20 bits per heavy atom. The molecule has 2 saturated heterocycles. The van der Waals surface area contributed by atoms with Gasteiger partial charge in [-0.1, -0.05) is 20.3 Å². The lowest BCUT2D eigenvalue weighted by Crippen LogP contribution is -2.18. The number of ether oxygens (including phenoxy) is 2. The second kappa shape index (κ2) is 5.31. The minimum Gasteiger partial charge on any atom is -0.381 e. The average molecular weight is 212 g/mol. The van der Waals surface area contributed by atoms with Crippen LogP contribution in [0.1, 0.15) is 39.5 Å². The third kappa shape index (κ3) is 2.94. The molecule has 88 valence electrons. The molecule has 2 heterocycles. The Hall–Kier alpha value is -0.0800. The quantitative estimate of drug-likeness (QED) is 0.713. The molecule has 2 heteroatoms. The summed E-state index contributed by atoms with van der Waals surface area (Å²) >= 11 is 0. The van der Waals surface area contributed by atoms with E-state index in [0.29, 0.717) is 6.10 Å². The number of rotatable bonds is 4. The predicted molar refractivity (Wildman–Crippen MR) is 60.8 cm³/mol. The van der Waals surface area contributed by atoms with E-state index in [9.17, 15) is 0 Å². The molecule has 2 aliphatic heterocycles. The van der Waals surface area contributed by atoms with E-state index in [0.717, 1.165) is 37.6 Å². The minimum absolute atomic E-state index is 0.533. The van der Waals surface area contributed by atoms with Gasteiger partial charge in [0.15, 0.2) is 0 Å². The SMILES string of the molecule is CC[C@H]1COC(CC(C)C2CCOC2)C1. The Bertz CT molecular complexity index is 187. The standard InChI is InChI=1S/C13H24O2/c1-3-11-7-13(15-8-11)6-10(2)12-4-5-14-9-12/h10-13H,3-9H2,1-2H3/t10?,11-,12?,13?/m1/s1. The van der Waals surface area contributed by atoms with E-state index in [1.807, 2.05) is 0 Å². The summed E-state index contributed by atoms with van der Waals surface area (Å²) in [5.74, 6) is 2.38. The molecule has 2 nitrogen and oxygen atoms in total. The van der Waals surface area contributed by atoms with E-state index in [2.05, 4.69) is 13.8 Å². The topological polar surface area (TPSA) is 18.5 Å². The monoisotopic (exact) mass is 212 g/mol. The van der Waals surface area contributed by atoms with Crippen LogP contribution >= 0.6 is 0 Å². The molecule has 0 spiro atoms. The zero-order valence-electron chi connectivity index (χ0n) is 10.1. The molecule has 2 aliphatic rings. The van der Waals surface area contributed by atoms with Crippen molar-refractivity contribution in [3.63, 3.8) is 0 Å². The van der Waals surface area contributed by atoms with Gasteiger partial charge in [-0.15, -0.1) is 0 Å². The molecule has 2 rings (SSSR count). The lowest BCUT2D eigenvalue weighted by Gasteiger charge is -2.20. The highest BCUT2D eigenvalue weighted by molar-refractivity contribution is 4.78. The van der Waals surface area contributed by atoms with E-state index >= 15 is 0 Å². The van der Waals surface area contributed by atoms with Gasteiger partial charge in [0.2, 0.25) is 0 Å². The zero-order valence-corrected chi connectivity index (χ0v) is 10.1. The predicted octanol–water partition coefficient (Wildman–Crippen LogP) is 2.86. The highest BCUT2D eigenvalue weighted by Crippen LogP contribution is 2.31. The van der Waals surface area contributed by atoms with Gasteiger partial charge < -0.3 is 9.47 Å². The molecular formula is C13H24O2. The molecule has 3 unspecified atom stereocenters. The molecule has 0 aliphatic carbocycles. The van der Waals surface area contributed by atoms with Crippen molar-refractivity contribution in [2.45, 2.75) is 45.6 Å². The first-order valence-corrected chi connectivity index (χ1v) is 6.49. The van der Waals surface area contributed by atoms with Gasteiger partial charge in [-0.25, -0.2) is 0 Å². The Kier molecular flexibility index (Phi) is 4.04. The van der Waals surface area contributed by atoms with Crippen LogP contribution in [0.25, 0.3) is 0 Å². The summed E-state index contributed by atoms with van der Waals surface area (Å²) in [4.78, 5) is 0. The van der Waals surface area contributed by atoms with Crippen LogP contribution in [0.3, 0.4) is 0 Å². The lowest BCUT2D eigenvalue weighted by atomic mass is 9.87. The van der Waals surface area contributed by atoms with Crippen LogP contribution < -0.4 is 0 Å². The van der Waals surface area contributed by atoms with Crippen LogP contribution in [-0.2, 0) is 9.47 Å². The Morgan fingerprint density at radius 3 is 2.80 bits per heavy atom. The largest absolute Gasteiger partial charge is 0.381 e. The van der Waals surface area contributed by atoms with E-state index in [1.54, 1.807) is 0 Å². The van der Waals surface area contributed by atoms with Gasteiger partial charge in [0.25, 0.3) is 0 Å². The van der Waals surface area contributed by atoms with E-state index in [1.165, 1.54) is 25.7 Å². The fourth-order valence-corrected chi connectivity index (χ4v) is 2.84. The maximum Gasteiger partial charge on any atom is 0.0581 e. The normalized spacial score (nSPS) is 38.4. The molecule has 2 fully saturated rings. The summed E-state index contributed by atoms with van der Waals surface area (Å²) in [5, 5.41) is 0. The van der Waals surface area contributed by atoms with Crippen molar-refractivity contribution < 1.29 is 9.47 Å². The second-order valence-electron chi connectivity index (χ2n) is 5.30. The van der Waals surface area contributed by atoms with E-state index in [4.69, 9.17) is 9.47 Å². The lowest BCUT2D eigenvalue weighted by molar-refractivity contribution is 0.0769. The van der Waals surface area contributed by atoms with Crippen LogP contribution in [0.2, 0.25) is 0 Å². The zero-order chi connectivity index (χ0) is 10.7. The van der Waals surface area contributed by atoms with Crippen molar-refractivity contribution in [1.29, 1.82) is 0 Å². The molecule has 15 heavy (non-hydrogen) atoms. The Morgan fingerprint density at radius 1 is 1.33 bits per heavy atom. The van der Waals surface area contributed by atoms with Gasteiger partial charge in [0.05, 0.1) is 6.10 Å². The third-order valence-electron chi connectivity index (χ3n) is 4.15. The van der Waals surface area contributed by atoms with Crippen molar-refractivity contribution in [2.75, 3.05) is 19.8 Å². The number of hydrogen-bond donors (Lipinski definition) is 0. The van der Waals surface area contributed by atoms with Gasteiger partial charge in [0.1, 0.15) is 0 Å². The van der Waals surface area contributed by atoms with Crippen molar-refractivity contribution in [3.05, 3.63) is 0 Å². The molecule has 0 saturated carbocycles. The van der Waals surface area contributed by atoms with E-state index in [-0.39, 0.29) is 0 Å². The van der Waals surface area contributed by atoms with Gasteiger partial charge in [0, 0.05) is 19.8 Å². The second-order valence-corrected chi connectivity index (χ2v) is 5.30. The van der Waals surface area contributed by atoms with Crippen molar-refractivity contribution in [2.24, 2.45) is 17.8 Å².